The van der Waals surface area contributed by atoms with Gasteiger partial charge in [-0.2, -0.15) is 11.8 Å². The Hall–Kier alpha value is -1.07. The molecule has 3 aliphatic carbocycles. The largest absolute Gasteiger partial charge is 0.393 e. The summed E-state index contributed by atoms with van der Waals surface area (Å²) < 4.78 is 0. The summed E-state index contributed by atoms with van der Waals surface area (Å²) in [4.78, 5) is 0. The van der Waals surface area contributed by atoms with E-state index in [1.54, 1.807) is 5.57 Å². The number of aliphatic hydroxyl groups excluding tert-OH is 2. The molecule has 0 spiro atoms. The highest BCUT2D eigenvalue weighted by molar-refractivity contribution is 8.00. The van der Waals surface area contributed by atoms with Crippen LogP contribution in [0.15, 0.2) is 59.3 Å². The van der Waals surface area contributed by atoms with Crippen molar-refractivity contribution in [3.63, 3.8) is 0 Å². The van der Waals surface area contributed by atoms with Crippen LogP contribution in [0.1, 0.15) is 79.1 Å². The van der Waals surface area contributed by atoms with Crippen LogP contribution in [-0.4, -0.2) is 44.1 Å². The summed E-state index contributed by atoms with van der Waals surface area (Å²) >= 11 is 1.96. The summed E-state index contributed by atoms with van der Waals surface area (Å²) in [6, 6.07) is 0. The van der Waals surface area contributed by atoms with Crippen LogP contribution >= 0.6 is 11.8 Å². The topological polar surface area (TPSA) is 60.7 Å². The van der Waals surface area contributed by atoms with Gasteiger partial charge in [-0.25, -0.2) is 0 Å². The van der Waals surface area contributed by atoms with Crippen molar-refractivity contribution in [1.82, 2.24) is 0 Å². The molecule has 2 saturated carbocycles. The van der Waals surface area contributed by atoms with Gasteiger partial charge >= 0.3 is 0 Å². The SMILES string of the molecule is C=C1C(=CC=C2CCC[C@]3(C)C([C@@H](C)SC/C=C\C(O)(CC)CC)=CC[C@@H]23)C[C@@H](O)C[C@@H]1O. The molecular formula is C29H44O3S. The lowest BCUT2D eigenvalue weighted by molar-refractivity contribution is 0.0826. The highest BCUT2D eigenvalue weighted by atomic mass is 32.2. The minimum Gasteiger partial charge on any atom is -0.393 e. The summed E-state index contributed by atoms with van der Waals surface area (Å²) in [6.45, 7) is 12.9. The van der Waals surface area contributed by atoms with Gasteiger partial charge in [0.2, 0.25) is 0 Å². The van der Waals surface area contributed by atoms with Crippen LogP contribution in [0.4, 0.5) is 0 Å². The average Bonchev–Trinajstić information content (AvgIpc) is 3.15. The lowest BCUT2D eigenvalue weighted by Gasteiger charge is -2.42. The number of aliphatic hydroxyl groups is 3. The number of hydrogen-bond donors (Lipinski definition) is 3. The number of hydrogen-bond acceptors (Lipinski definition) is 4. The van der Waals surface area contributed by atoms with Gasteiger partial charge in [-0.15, -0.1) is 0 Å². The standard InChI is InChI=1S/C29H44O3S/c1-6-29(32,7-2)16-9-17-33-21(4)25-13-14-26-22(10-8-15-28(25,26)5)11-12-23-18-24(30)19-27(31)20(23)3/h9,11-13,16,21,24,26-27,30-32H,3,6-8,10,14-15,17-19H2,1-2,4-5H3/b16-9-,22-11?,23-12?/t21-,24-,26+,27+,28-/m1/s1. The predicted octanol–water partition coefficient (Wildman–Crippen LogP) is 6.28. The van der Waals surface area contributed by atoms with Crippen molar-refractivity contribution in [3.8, 4) is 0 Å². The Labute approximate surface area is 205 Å². The lowest BCUT2D eigenvalue weighted by Crippen LogP contribution is -2.33. The fraction of sp³-hybridized carbons (Fsp3) is 0.655. The third-order valence-electron chi connectivity index (χ3n) is 8.41. The fourth-order valence-corrected chi connectivity index (χ4v) is 7.03. The van der Waals surface area contributed by atoms with E-state index in [0.717, 1.165) is 42.6 Å². The molecule has 0 saturated heterocycles. The van der Waals surface area contributed by atoms with E-state index in [4.69, 9.17) is 0 Å². The maximum atomic E-state index is 10.5. The molecule has 0 aromatic heterocycles. The third-order valence-corrected chi connectivity index (χ3v) is 9.55. The Bertz CT molecular complexity index is 832. The van der Waals surface area contributed by atoms with Crippen LogP contribution in [0.3, 0.4) is 0 Å². The predicted molar refractivity (Wildman–Crippen MR) is 141 cm³/mol. The Kier molecular flexibility index (Phi) is 8.94. The number of thioether (sulfide) groups is 1. The monoisotopic (exact) mass is 472 g/mol. The van der Waals surface area contributed by atoms with Crippen LogP contribution in [0.25, 0.3) is 0 Å². The molecule has 33 heavy (non-hydrogen) atoms. The van der Waals surface area contributed by atoms with Crippen LogP contribution in [0.2, 0.25) is 0 Å². The van der Waals surface area contributed by atoms with Crippen molar-refractivity contribution in [3.05, 3.63) is 59.3 Å². The van der Waals surface area contributed by atoms with Crippen molar-refractivity contribution < 1.29 is 15.3 Å². The van der Waals surface area contributed by atoms with E-state index in [0.29, 0.717) is 24.0 Å². The second kappa shape index (κ2) is 11.1. The van der Waals surface area contributed by atoms with Crippen molar-refractivity contribution >= 4 is 11.8 Å². The van der Waals surface area contributed by atoms with E-state index in [1.807, 2.05) is 31.7 Å². The molecule has 3 aliphatic rings. The van der Waals surface area contributed by atoms with Gasteiger partial charge in [0.1, 0.15) is 0 Å². The van der Waals surface area contributed by atoms with Gasteiger partial charge in [-0.1, -0.05) is 68.9 Å². The van der Waals surface area contributed by atoms with Crippen LogP contribution < -0.4 is 0 Å². The molecule has 0 radical (unpaired) electrons. The zero-order valence-corrected chi connectivity index (χ0v) is 21.8. The van der Waals surface area contributed by atoms with Crippen molar-refractivity contribution in [1.29, 1.82) is 0 Å². The Morgan fingerprint density at radius 1 is 1.27 bits per heavy atom. The molecular weight excluding hydrogens is 428 g/mol. The molecule has 0 aromatic carbocycles. The maximum absolute atomic E-state index is 10.5. The van der Waals surface area contributed by atoms with Crippen molar-refractivity contribution in [2.45, 2.75) is 102 Å². The smallest absolute Gasteiger partial charge is 0.0822 e. The zero-order chi connectivity index (χ0) is 24.2. The van der Waals surface area contributed by atoms with E-state index < -0.39 is 17.8 Å². The first-order valence-corrected chi connectivity index (χ1v) is 13.9. The average molecular weight is 473 g/mol. The molecule has 0 unspecified atom stereocenters. The molecule has 0 aromatic rings. The first-order chi connectivity index (χ1) is 15.6. The van der Waals surface area contributed by atoms with Gasteiger partial charge < -0.3 is 15.3 Å². The minimum absolute atomic E-state index is 0.203. The number of rotatable bonds is 8. The number of fused-ring (bicyclic) bond motifs is 1. The Morgan fingerprint density at radius 3 is 2.70 bits per heavy atom. The molecule has 0 bridgehead atoms. The fourth-order valence-electron chi connectivity index (χ4n) is 5.99. The molecule has 4 heteroatoms. The summed E-state index contributed by atoms with van der Waals surface area (Å²) in [5, 5.41) is 31.1. The van der Waals surface area contributed by atoms with Crippen LogP contribution in [-0.2, 0) is 0 Å². The second-order valence-electron chi connectivity index (χ2n) is 10.5. The maximum Gasteiger partial charge on any atom is 0.0822 e. The highest BCUT2D eigenvalue weighted by Gasteiger charge is 2.46. The normalized spacial score (nSPS) is 34.2. The van der Waals surface area contributed by atoms with Crippen LogP contribution in [0, 0.1) is 11.3 Å². The summed E-state index contributed by atoms with van der Waals surface area (Å²) in [7, 11) is 0. The minimum atomic E-state index is -0.666. The molecule has 0 aliphatic heterocycles. The van der Waals surface area contributed by atoms with Gasteiger partial charge in [0.25, 0.3) is 0 Å². The van der Waals surface area contributed by atoms with Crippen molar-refractivity contribution in [2.75, 3.05) is 5.75 Å². The zero-order valence-electron chi connectivity index (χ0n) is 21.0. The molecule has 184 valence electrons. The Morgan fingerprint density at radius 2 is 2.00 bits per heavy atom. The molecule has 2 fully saturated rings. The summed E-state index contributed by atoms with van der Waals surface area (Å²) in [5.41, 5.74) is 4.37. The molecule has 3 nitrogen and oxygen atoms in total. The van der Waals surface area contributed by atoms with Gasteiger partial charge in [-0.3, -0.25) is 0 Å². The first-order valence-electron chi connectivity index (χ1n) is 12.8. The lowest BCUT2D eigenvalue weighted by atomic mass is 9.64. The first kappa shape index (κ1) is 26.5. The van der Waals surface area contributed by atoms with E-state index >= 15 is 0 Å². The Balaban J connectivity index is 1.67. The number of allylic oxidation sites excluding steroid dienone is 4. The van der Waals surface area contributed by atoms with Gasteiger partial charge in [-0.05, 0) is 74.3 Å². The van der Waals surface area contributed by atoms with E-state index in [2.05, 4.69) is 44.7 Å². The van der Waals surface area contributed by atoms with E-state index in [9.17, 15) is 15.3 Å². The summed E-state index contributed by atoms with van der Waals surface area (Å²) in [5.74, 6) is 1.46. The second-order valence-corrected chi connectivity index (χ2v) is 11.8. The van der Waals surface area contributed by atoms with Gasteiger partial charge in [0.15, 0.2) is 0 Å². The van der Waals surface area contributed by atoms with Crippen molar-refractivity contribution in [2.24, 2.45) is 11.3 Å². The van der Waals surface area contributed by atoms with E-state index in [1.165, 1.54) is 18.4 Å². The van der Waals surface area contributed by atoms with Gasteiger partial charge in [0, 0.05) is 17.4 Å². The van der Waals surface area contributed by atoms with Crippen LogP contribution in [0.5, 0.6) is 0 Å². The quantitative estimate of drug-likeness (QED) is 0.364. The molecule has 3 rings (SSSR count). The third kappa shape index (κ3) is 5.96. The summed E-state index contributed by atoms with van der Waals surface area (Å²) in [6.07, 6.45) is 17.0. The molecule has 3 N–H and O–H groups in total. The van der Waals surface area contributed by atoms with E-state index in [-0.39, 0.29) is 5.41 Å². The molecule has 5 atom stereocenters. The molecule has 0 heterocycles. The molecule has 0 amide bonds. The highest BCUT2D eigenvalue weighted by Crippen LogP contribution is 2.56. The van der Waals surface area contributed by atoms with Gasteiger partial charge in [0.05, 0.1) is 17.8 Å².